The highest BCUT2D eigenvalue weighted by molar-refractivity contribution is 5.80. The zero-order valence-corrected chi connectivity index (χ0v) is 12.8. The summed E-state index contributed by atoms with van der Waals surface area (Å²) in [5, 5.41) is 2.81. The Morgan fingerprint density at radius 3 is 2.86 bits per heavy atom. The second-order valence-corrected chi connectivity index (χ2v) is 5.69. The van der Waals surface area contributed by atoms with Crippen LogP contribution in [0.1, 0.15) is 36.7 Å². The third kappa shape index (κ3) is 3.50. The molecule has 0 unspecified atom stereocenters. The van der Waals surface area contributed by atoms with Gasteiger partial charge in [-0.3, -0.25) is 4.79 Å². The lowest BCUT2D eigenvalue weighted by molar-refractivity contribution is -0.127. The first-order valence-electron chi connectivity index (χ1n) is 7.81. The quantitative estimate of drug-likeness (QED) is 0.922. The van der Waals surface area contributed by atoms with Crippen molar-refractivity contribution < 1.29 is 13.9 Å². The Hall–Kier alpha value is -2.23. The van der Waals surface area contributed by atoms with Crippen molar-refractivity contribution in [2.75, 3.05) is 0 Å². The van der Waals surface area contributed by atoms with Gasteiger partial charge in [0.2, 0.25) is 0 Å². The second kappa shape index (κ2) is 6.69. The van der Waals surface area contributed by atoms with Crippen LogP contribution in [0.2, 0.25) is 0 Å². The first-order valence-corrected chi connectivity index (χ1v) is 7.81. The second-order valence-electron chi connectivity index (χ2n) is 5.69. The van der Waals surface area contributed by atoms with Crippen molar-refractivity contribution in [3.63, 3.8) is 0 Å². The summed E-state index contributed by atoms with van der Waals surface area (Å²) in [6, 6.07) is 9.78. The maximum absolute atomic E-state index is 12.1. The molecule has 0 saturated carbocycles. The van der Waals surface area contributed by atoms with Gasteiger partial charge in [-0.25, -0.2) is 0 Å². The van der Waals surface area contributed by atoms with E-state index in [-0.39, 0.29) is 5.91 Å². The topological polar surface area (TPSA) is 51.5 Å². The van der Waals surface area contributed by atoms with E-state index >= 15 is 0 Å². The molecule has 1 N–H and O–H groups in total. The molecule has 0 saturated heterocycles. The van der Waals surface area contributed by atoms with Gasteiger partial charge in [-0.05, 0) is 68.0 Å². The predicted octanol–water partition coefficient (Wildman–Crippen LogP) is 3.24. The van der Waals surface area contributed by atoms with E-state index in [0.29, 0.717) is 6.54 Å². The van der Waals surface area contributed by atoms with Crippen LogP contribution in [-0.4, -0.2) is 12.0 Å². The number of rotatable bonds is 5. The van der Waals surface area contributed by atoms with Crippen LogP contribution in [0.15, 0.2) is 41.0 Å². The highest BCUT2D eigenvalue weighted by Gasteiger charge is 2.16. The summed E-state index contributed by atoms with van der Waals surface area (Å²) in [6.07, 6.45) is 5.81. The highest BCUT2D eigenvalue weighted by atomic mass is 16.5. The number of hydrogen-bond donors (Lipinski definition) is 1. The normalized spacial score (nSPS) is 15.0. The van der Waals surface area contributed by atoms with Crippen molar-refractivity contribution in [3.05, 3.63) is 53.5 Å². The molecule has 0 bridgehead atoms. The molecule has 1 amide bonds. The van der Waals surface area contributed by atoms with E-state index in [1.807, 2.05) is 12.1 Å². The Bertz CT molecular complexity index is 634. The van der Waals surface area contributed by atoms with E-state index in [0.717, 1.165) is 24.4 Å². The molecule has 1 aliphatic rings. The first-order chi connectivity index (χ1) is 10.7. The summed E-state index contributed by atoms with van der Waals surface area (Å²) < 4.78 is 11.0. The SMILES string of the molecule is C[C@H](Oc1ccc2c(c1)CCCC2)C(=O)NCc1ccco1. The number of hydrogen-bond acceptors (Lipinski definition) is 3. The fourth-order valence-corrected chi connectivity index (χ4v) is 2.77. The van der Waals surface area contributed by atoms with Crippen LogP contribution in [0.3, 0.4) is 0 Å². The molecule has 0 fully saturated rings. The molecule has 116 valence electrons. The molecule has 1 atom stereocenters. The van der Waals surface area contributed by atoms with Crippen LogP contribution in [0, 0.1) is 0 Å². The van der Waals surface area contributed by atoms with Gasteiger partial charge in [-0.1, -0.05) is 6.07 Å². The van der Waals surface area contributed by atoms with Gasteiger partial charge in [0.15, 0.2) is 6.10 Å². The lowest BCUT2D eigenvalue weighted by Crippen LogP contribution is -2.35. The van der Waals surface area contributed by atoms with Crippen molar-refractivity contribution in [3.8, 4) is 5.75 Å². The molecule has 0 radical (unpaired) electrons. The van der Waals surface area contributed by atoms with Crippen LogP contribution in [0.5, 0.6) is 5.75 Å². The minimum absolute atomic E-state index is 0.144. The predicted molar refractivity (Wildman–Crippen MR) is 83.7 cm³/mol. The minimum atomic E-state index is -0.531. The van der Waals surface area contributed by atoms with Crippen molar-refractivity contribution in [1.82, 2.24) is 5.32 Å². The average Bonchev–Trinajstić information content (AvgIpc) is 3.06. The summed E-state index contributed by atoms with van der Waals surface area (Å²) in [6.45, 7) is 2.14. The molecule has 0 aliphatic heterocycles. The Balaban J connectivity index is 1.56. The Kier molecular flexibility index (Phi) is 4.47. The highest BCUT2D eigenvalue weighted by Crippen LogP contribution is 2.25. The Morgan fingerprint density at radius 1 is 1.27 bits per heavy atom. The number of benzene rings is 1. The summed E-state index contributed by atoms with van der Waals surface area (Å²) in [5.41, 5.74) is 2.76. The fourth-order valence-electron chi connectivity index (χ4n) is 2.77. The summed E-state index contributed by atoms with van der Waals surface area (Å²) >= 11 is 0. The molecular formula is C18H21NO3. The average molecular weight is 299 g/mol. The number of aryl methyl sites for hydroxylation is 2. The number of carbonyl (C=O) groups excluding carboxylic acids is 1. The van der Waals surface area contributed by atoms with E-state index in [2.05, 4.69) is 17.4 Å². The number of amides is 1. The summed E-state index contributed by atoms with van der Waals surface area (Å²) in [4.78, 5) is 12.1. The van der Waals surface area contributed by atoms with E-state index in [1.54, 1.807) is 19.3 Å². The fraction of sp³-hybridized carbons (Fsp3) is 0.389. The Morgan fingerprint density at radius 2 is 2.09 bits per heavy atom. The number of ether oxygens (including phenoxy) is 1. The molecule has 1 aromatic carbocycles. The van der Waals surface area contributed by atoms with Crippen LogP contribution in [0.4, 0.5) is 0 Å². The molecular weight excluding hydrogens is 278 g/mol. The largest absolute Gasteiger partial charge is 0.481 e. The van der Waals surface area contributed by atoms with Gasteiger partial charge in [-0.2, -0.15) is 0 Å². The smallest absolute Gasteiger partial charge is 0.261 e. The van der Waals surface area contributed by atoms with E-state index in [1.165, 1.54) is 24.0 Å². The van der Waals surface area contributed by atoms with E-state index < -0.39 is 6.10 Å². The molecule has 2 aromatic rings. The summed E-state index contributed by atoms with van der Waals surface area (Å²) in [5.74, 6) is 1.35. The van der Waals surface area contributed by atoms with Crippen molar-refractivity contribution in [2.24, 2.45) is 0 Å². The Labute approximate surface area is 130 Å². The van der Waals surface area contributed by atoms with Crippen molar-refractivity contribution >= 4 is 5.91 Å². The van der Waals surface area contributed by atoms with Gasteiger partial charge in [0.1, 0.15) is 11.5 Å². The van der Waals surface area contributed by atoms with Crippen molar-refractivity contribution in [1.29, 1.82) is 0 Å². The lowest BCUT2D eigenvalue weighted by atomic mass is 9.92. The molecule has 4 nitrogen and oxygen atoms in total. The zero-order chi connectivity index (χ0) is 15.4. The van der Waals surface area contributed by atoms with Gasteiger partial charge in [0.25, 0.3) is 5.91 Å². The number of furan rings is 1. The third-order valence-electron chi connectivity index (χ3n) is 4.02. The lowest BCUT2D eigenvalue weighted by Gasteiger charge is -2.19. The minimum Gasteiger partial charge on any atom is -0.481 e. The van der Waals surface area contributed by atoms with Crippen LogP contribution in [0.25, 0.3) is 0 Å². The summed E-state index contributed by atoms with van der Waals surface area (Å²) in [7, 11) is 0. The molecule has 1 heterocycles. The maximum atomic E-state index is 12.1. The van der Waals surface area contributed by atoms with Gasteiger partial charge in [-0.15, -0.1) is 0 Å². The van der Waals surface area contributed by atoms with Gasteiger partial charge in [0.05, 0.1) is 12.8 Å². The molecule has 1 aliphatic carbocycles. The third-order valence-corrected chi connectivity index (χ3v) is 4.02. The van der Waals surface area contributed by atoms with Gasteiger partial charge < -0.3 is 14.5 Å². The number of nitrogens with one attached hydrogen (secondary N) is 1. The molecule has 4 heteroatoms. The molecule has 1 aromatic heterocycles. The molecule has 3 rings (SSSR count). The zero-order valence-electron chi connectivity index (χ0n) is 12.8. The maximum Gasteiger partial charge on any atom is 0.261 e. The number of fused-ring (bicyclic) bond motifs is 1. The van der Waals surface area contributed by atoms with Crippen LogP contribution >= 0.6 is 0 Å². The monoisotopic (exact) mass is 299 g/mol. The van der Waals surface area contributed by atoms with E-state index in [9.17, 15) is 4.79 Å². The number of carbonyl (C=O) groups is 1. The van der Waals surface area contributed by atoms with Gasteiger partial charge >= 0.3 is 0 Å². The van der Waals surface area contributed by atoms with E-state index in [4.69, 9.17) is 9.15 Å². The standard InChI is InChI=1S/C18H21NO3/c1-13(18(20)19-12-17-7-4-10-21-17)22-16-9-8-14-5-2-3-6-15(14)11-16/h4,7-11,13H,2-3,5-6,12H2,1H3,(H,19,20)/t13-/m0/s1. The van der Waals surface area contributed by atoms with Gasteiger partial charge in [0, 0.05) is 0 Å². The molecule has 0 spiro atoms. The van der Waals surface area contributed by atoms with Crippen LogP contribution < -0.4 is 10.1 Å². The first kappa shape index (κ1) is 14.7. The van der Waals surface area contributed by atoms with Crippen LogP contribution in [-0.2, 0) is 24.2 Å². The van der Waals surface area contributed by atoms with Crippen molar-refractivity contribution in [2.45, 2.75) is 45.3 Å². The molecule has 22 heavy (non-hydrogen) atoms.